The van der Waals surface area contributed by atoms with Crippen LogP contribution in [0.1, 0.15) is 43.6 Å². The van der Waals surface area contributed by atoms with Gasteiger partial charge in [0.2, 0.25) is 0 Å². The van der Waals surface area contributed by atoms with Crippen LogP contribution in [0.15, 0.2) is 84.5 Å². The molecule has 3 aliphatic heterocycles. The number of esters is 1. The van der Waals surface area contributed by atoms with E-state index in [1.165, 1.54) is 0 Å². The van der Waals surface area contributed by atoms with Crippen LogP contribution in [0.2, 0.25) is 0 Å². The van der Waals surface area contributed by atoms with E-state index in [2.05, 4.69) is 6.58 Å². The largest absolute Gasteiger partial charge is 0.455 e. The number of rotatable bonds is 4. The number of epoxide rings is 1. The summed E-state index contributed by atoms with van der Waals surface area (Å²) in [5.74, 6) is -5.32. The Morgan fingerprint density at radius 3 is 2.30 bits per heavy atom. The van der Waals surface area contributed by atoms with Crippen molar-refractivity contribution in [3.05, 3.63) is 95.6 Å². The zero-order chi connectivity index (χ0) is 30.3. The Bertz CT molecular complexity index is 1610. The fourth-order valence-corrected chi connectivity index (χ4v) is 9.01. The average Bonchev–Trinajstić information content (AvgIpc) is 3.55. The molecule has 2 N–H and O–H groups in total. The Kier molecular flexibility index (Phi) is 5.28. The Balaban J connectivity index is 1.40. The maximum Gasteiger partial charge on any atom is 0.338 e. The van der Waals surface area contributed by atoms with E-state index in [0.29, 0.717) is 22.3 Å². The molecule has 0 unspecified atom stereocenters. The van der Waals surface area contributed by atoms with E-state index in [0.717, 1.165) is 0 Å². The molecule has 2 aromatic rings. The molecule has 0 aromatic heterocycles. The summed E-state index contributed by atoms with van der Waals surface area (Å²) in [7, 11) is 0. The first-order valence-electron chi connectivity index (χ1n) is 14.7. The van der Waals surface area contributed by atoms with Crippen molar-refractivity contribution in [1.29, 1.82) is 0 Å². The van der Waals surface area contributed by atoms with Gasteiger partial charge in [0.05, 0.1) is 17.3 Å². The van der Waals surface area contributed by atoms with E-state index in [1.807, 2.05) is 50.2 Å². The number of carbonyl (C=O) groups is 2. The van der Waals surface area contributed by atoms with Crippen molar-refractivity contribution in [2.45, 2.75) is 80.5 Å². The molecule has 12 atom stereocenters. The van der Waals surface area contributed by atoms with Crippen LogP contribution >= 0.6 is 0 Å². The Labute approximate surface area is 249 Å². The number of ether oxygens (including phenoxy) is 5. The molecule has 0 spiro atoms. The van der Waals surface area contributed by atoms with Crippen LogP contribution < -0.4 is 0 Å². The van der Waals surface area contributed by atoms with E-state index >= 15 is 0 Å². The Hall–Kier alpha value is -3.18. The molecule has 6 aliphatic rings. The number of fused-ring (bicyclic) bond motifs is 3. The fourth-order valence-electron chi connectivity index (χ4n) is 9.01. The van der Waals surface area contributed by atoms with Crippen molar-refractivity contribution < 1.29 is 43.5 Å². The van der Waals surface area contributed by atoms with E-state index in [9.17, 15) is 19.8 Å². The number of carbonyl (C=O) groups excluding carboxylic acids is 2. The highest BCUT2D eigenvalue weighted by Crippen LogP contribution is 2.74. The lowest BCUT2D eigenvalue weighted by Gasteiger charge is -2.61. The van der Waals surface area contributed by atoms with Gasteiger partial charge in [-0.05, 0) is 44.1 Å². The lowest BCUT2D eigenvalue weighted by Crippen LogP contribution is -2.76. The second-order valence-electron chi connectivity index (χ2n) is 13.2. The first-order chi connectivity index (χ1) is 20.4. The summed E-state index contributed by atoms with van der Waals surface area (Å²) in [6, 6.07) is 17.8. The predicted octanol–water partition coefficient (Wildman–Crippen LogP) is 3.20. The Morgan fingerprint density at radius 2 is 1.65 bits per heavy atom. The van der Waals surface area contributed by atoms with E-state index < -0.39 is 82.3 Å². The molecule has 3 aliphatic carbocycles. The van der Waals surface area contributed by atoms with Crippen molar-refractivity contribution >= 4 is 11.8 Å². The molecule has 3 saturated heterocycles. The van der Waals surface area contributed by atoms with E-state index in [1.54, 1.807) is 44.2 Å². The van der Waals surface area contributed by atoms with Crippen molar-refractivity contribution in [1.82, 2.24) is 0 Å². The number of hydrogen-bond acceptors (Lipinski definition) is 9. The monoisotopic (exact) mass is 586 g/mol. The topological polar surface area (TPSA) is 124 Å². The first kappa shape index (κ1) is 27.4. The maximum atomic E-state index is 13.8. The highest BCUT2D eigenvalue weighted by Gasteiger charge is 2.90. The second kappa shape index (κ2) is 8.29. The zero-order valence-electron chi connectivity index (χ0n) is 24.4. The standard InChI is InChI=1S/C34H34O9/c1-17(2)32-25(39-28(36)20-12-8-6-9-13-20)19(4)33-22-16-18(3)24(35)31(22,38)29(37)30(5)26(40-30)23(33)27(32)41-34(42-32,43-33)21-14-10-7-11-15-21/h6-16,19,22-23,25-27,29,37-38H,1H2,2-5H3/t19-,22-,23+,25+,26+,27+,29-,30+,31-,32+,33+,34-/m1/s1. The normalized spacial score (nSPS) is 48.5. The summed E-state index contributed by atoms with van der Waals surface area (Å²) in [4.78, 5) is 27.5. The summed E-state index contributed by atoms with van der Waals surface area (Å²) in [6.07, 6.45) is -2.37. The second-order valence-corrected chi connectivity index (χ2v) is 13.2. The average molecular weight is 587 g/mol. The van der Waals surface area contributed by atoms with Gasteiger partial charge in [-0.1, -0.05) is 68.1 Å². The van der Waals surface area contributed by atoms with Gasteiger partial charge in [0.25, 0.3) is 0 Å². The van der Waals surface area contributed by atoms with Gasteiger partial charge in [0, 0.05) is 23.3 Å². The third-order valence-electron chi connectivity index (χ3n) is 11.1. The maximum absolute atomic E-state index is 13.8. The molecule has 0 amide bonds. The highest BCUT2D eigenvalue weighted by molar-refractivity contribution is 6.05. The van der Waals surface area contributed by atoms with Gasteiger partial charge in [-0.2, -0.15) is 0 Å². The van der Waals surface area contributed by atoms with Crippen molar-refractivity contribution in [3.8, 4) is 0 Å². The van der Waals surface area contributed by atoms with Gasteiger partial charge in [-0.25, -0.2) is 4.79 Å². The molecular weight excluding hydrogens is 552 g/mol. The molecular formula is C34H34O9. The van der Waals surface area contributed by atoms with E-state index in [-0.39, 0.29) is 0 Å². The molecule has 5 fully saturated rings. The minimum Gasteiger partial charge on any atom is -0.455 e. The quantitative estimate of drug-likeness (QED) is 0.316. The van der Waals surface area contributed by atoms with Crippen molar-refractivity contribution in [2.75, 3.05) is 0 Å². The van der Waals surface area contributed by atoms with Crippen LogP contribution in [-0.2, 0) is 34.5 Å². The molecule has 9 nitrogen and oxygen atoms in total. The molecule has 2 saturated carbocycles. The minimum atomic E-state index is -2.26. The summed E-state index contributed by atoms with van der Waals surface area (Å²) >= 11 is 0. The number of aliphatic hydroxyl groups excluding tert-OH is 1. The van der Waals surface area contributed by atoms with Gasteiger partial charge >= 0.3 is 11.9 Å². The third kappa shape index (κ3) is 2.98. The van der Waals surface area contributed by atoms with Crippen LogP contribution in [0, 0.1) is 17.8 Å². The number of ketones is 1. The summed E-state index contributed by atoms with van der Waals surface area (Å²) < 4.78 is 33.6. The fraction of sp³-hybridized carbons (Fsp3) is 0.471. The van der Waals surface area contributed by atoms with Crippen LogP contribution in [-0.4, -0.2) is 68.8 Å². The van der Waals surface area contributed by atoms with Gasteiger partial charge in [0.15, 0.2) is 17.0 Å². The SMILES string of the molecule is C=C(C)[C@@]12O[C@@]3(c4ccccc4)O[C@H]1[C@@H]1[C@@H]4O[C@]4(C)[C@@H](O)[C@]4(O)C(=O)C(C)=C[C@H]4[C@@]1(O3)[C@H](C)[C@@H]2OC(=O)c1ccccc1. The van der Waals surface area contributed by atoms with Crippen molar-refractivity contribution in [3.63, 3.8) is 0 Å². The molecule has 224 valence electrons. The van der Waals surface area contributed by atoms with Crippen LogP contribution in [0.3, 0.4) is 0 Å². The summed E-state index contributed by atoms with van der Waals surface area (Å²) in [5.41, 5.74) is -4.59. The molecule has 3 heterocycles. The van der Waals surface area contributed by atoms with Crippen LogP contribution in [0.4, 0.5) is 0 Å². The first-order valence-corrected chi connectivity index (χ1v) is 14.7. The number of aliphatic hydroxyl groups is 2. The molecule has 2 aromatic carbocycles. The molecule has 3 bridgehead atoms. The molecule has 8 rings (SSSR count). The Morgan fingerprint density at radius 1 is 1.00 bits per heavy atom. The number of hydrogen-bond donors (Lipinski definition) is 2. The van der Waals surface area contributed by atoms with Crippen molar-refractivity contribution in [2.24, 2.45) is 17.8 Å². The number of benzene rings is 2. The van der Waals surface area contributed by atoms with Gasteiger partial charge in [0.1, 0.15) is 23.9 Å². The molecule has 43 heavy (non-hydrogen) atoms. The summed E-state index contributed by atoms with van der Waals surface area (Å²) in [6.45, 7) is 11.3. The van der Waals surface area contributed by atoms with Crippen LogP contribution in [0.5, 0.6) is 0 Å². The molecule has 9 heteroatoms. The third-order valence-corrected chi connectivity index (χ3v) is 11.1. The molecule has 0 radical (unpaired) electrons. The zero-order valence-corrected chi connectivity index (χ0v) is 24.4. The van der Waals surface area contributed by atoms with Crippen LogP contribution in [0.25, 0.3) is 0 Å². The van der Waals surface area contributed by atoms with Gasteiger partial charge < -0.3 is 33.9 Å². The van der Waals surface area contributed by atoms with Gasteiger partial charge in [-0.15, -0.1) is 0 Å². The van der Waals surface area contributed by atoms with E-state index in [4.69, 9.17) is 23.7 Å². The lowest BCUT2D eigenvalue weighted by molar-refractivity contribution is -0.440. The lowest BCUT2D eigenvalue weighted by atomic mass is 9.53. The summed E-state index contributed by atoms with van der Waals surface area (Å²) in [5, 5.41) is 24.1. The minimum absolute atomic E-state index is 0.307. The number of Topliss-reactive ketones (excluding diaryl/α,β-unsaturated/α-hetero) is 1. The highest BCUT2D eigenvalue weighted by atomic mass is 16.9. The predicted molar refractivity (Wildman–Crippen MR) is 150 cm³/mol. The van der Waals surface area contributed by atoms with Gasteiger partial charge in [-0.3, -0.25) is 4.79 Å². The smallest absolute Gasteiger partial charge is 0.338 e.